The molecule has 5 nitrogen and oxygen atoms in total. The molecule has 0 amide bonds. The van der Waals surface area contributed by atoms with E-state index in [2.05, 4.69) is 83.8 Å². The highest BCUT2D eigenvalue weighted by Crippen LogP contribution is 2.36. The van der Waals surface area contributed by atoms with Crippen LogP contribution in [0, 0.1) is 0 Å². The summed E-state index contributed by atoms with van der Waals surface area (Å²) >= 11 is 0. The molecule has 0 aliphatic heterocycles. The van der Waals surface area contributed by atoms with Crippen molar-refractivity contribution in [2.75, 3.05) is 31.3 Å². The van der Waals surface area contributed by atoms with Crippen LogP contribution in [0.3, 0.4) is 0 Å². The van der Waals surface area contributed by atoms with Gasteiger partial charge in [-0.25, -0.2) is 0 Å². The molecule has 0 saturated heterocycles. The van der Waals surface area contributed by atoms with Gasteiger partial charge in [-0.15, -0.1) is 0 Å². The minimum Gasteiger partial charge on any atom is -0.491 e. The van der Waals surface area contributed by atoms with Crippen LogP contribution in [0.4, 0.5) is 17.1 Å². The van der Waals surface area contributed by atoms with E-state index in [1.165, 1.54) is 0 Å². The van der Waals surface area contributed by atoms with Crippen molar-refractivity contribution in [1.29, 1.82) is 0 Å². The molecule has 5 heteroatoms. The van der Waals surface area contributed by atoms with Crippen molar-refractivity contribution in [3.8, 4) is 11.5 Å². The molecule has 0 heterocycles. The number of hydrogen-bond acceptors (Lipinski definition) is 5. The van der Waals surface area contributed by atoms with Gasteiger partial charge in [-0.05, 0) is 89.0 Å². The highest BCUT2D eigenvalue weighted by Gasteiger charge is 2.13. The minimum atomic E-state index is -0.0321. The predicted octanol–water partition coefficient (Wildman–Crippen LogP) is 7.49. The summed E-state index contributed by atoms with van der Waals surface area (Å²) in [6.45, 7) is 0.438. The second-order valence-electron chi connectivity index (χ2n) is 9.35. The summed E-state index contributed by atoms with van der Waals surface area (Å²) in [5.74, 6) is 1.40. The molecule has 0 spiro atoms. The van der Waals surface area contributed by atoms with Gasteiger partial charge < -0.3 is 24.6 Å². The smallest absolute Gasteiger partial charge is 0.119 e. The van der Waals surface area contributed by atoms with E-state index in [1.807, 2.05) is 60.7 Å². The molecule has 5 aromatic carbocycles. The van der Waals surface area contributed by atoms with Crippen LogP contribution in [0.5, 0.6) is 11.5 Å². The van der Waals surface area contributed by atoms with Crippen LogP contribution in [0.25, 0.3) is 11.6 Å². The van der Waals surface area contributed by atoms with Gasteiger partial charge in [0.1, 0.15) is 24.7 Å². The standard InChI is InChI=1S/C36H33NO4/c38-23-25-40-34-19-15-32(16-20-34)37(33-17-21-35(22-18-33)41-26-24-39)31-13-11-28(12-14-31)27-36(29-7-3-1-4-8-29)30-9-5-2-6-10-30/h1-22,27,38-39H,23-26H2. The summed E-state index contributed by atoms with van der Waals surface area (Å²) in [6.07, 6.45) is 2.22. The summed E-state index contributed by atoms with van der Waals surface area (Å²) in [6, 6.07) is 45.0. The Bertz CT molecular complexity index is 1420. The first-order valence-corrected chi connectivity index (χ1v) is 13.7. The van der Waals surface area contributed by atoms with Gasteiger partial charge in [0.05, 0.1) is 13.2 Å². The lowest BCUT2D eigenvalue weighted by molar-refractivity contribution is 0.201. The number of rotatable bonds is 12. The normalized spacial score (nSPS) is 10.6. The third kappa shape index (κ3) is 7.22. The van der Waals surface area contributed by atoms with Crippen molar-refractivity contribution in [3.63, 3.8) is 0 Å². The molecule has 0 saturated carbocycles. The molecule has 41 heavy (non-hydrogen) atoms. The molecule has 0 radical (unpaired) electrons. The molecule has 5 aromatic rings. The third-order valence-corrected chi connectivity index (χ3v) is 6.54. The fourth-order valence-electron chi connectivity index (χ4n) is 4.61. The highest BCUT2D eigenvalue weighted by atomic mass is 16.5. The van der Waals surface area contributed by atoms with Gasteiger partial charge >= 0.3 is 0 Å². The zero-order chi connectivity index (χ0) is 28.3. The topological polar surface area (TPSA) is 62.2 Å². The molecule has 0 bridgehead atoms. The molecule has 0 aliphatic carbocycles. The summed E-state index contributed by atoms with van der Waals surface area (Å²) in [4.78, 5) is 2.16. The van der Waals surface area contributed by atoms with Crippen molar-refractivity contribution < 1.29 is 19.7 Å². The van der Waals surface area contributed by atoms with Gasteiger partial charge in [-0.3, -0.25) is 0 Å². The molecule has 0 aromatic heterocycles. The van der Waals surface area contributed by atoms with Crippen LogP contribution in [0.2, 0.25) is 0 Å². The summed E-state index contributed by atoms with van der Waals surface area (Å²) in [7, 11) is 0. The van der Waals surface area contributed by atoms with Gasteiger partial charge in [-0.1, -0.05) is 72.8 Å². The average molecular weight is 544 g/mol. The van der Waals surface area contributed by atoms with E-state index < -0.39 is 0 Å². The number of nitrogens with zero attached hydrogens (tertiary/aromatic N) is 1. The molecule has 2 N–H and O–H groups in total. The van der Waals surface area contributed by atoms with E-state index in [1.54, 1.807) is 0 Å². The fourth-order valence-corrected chi connectivity index (χ4v) is 4.61. The van der Waals surface area contributed by atoms with E-state index in [0.717, 1.165) is 39.3 Å². The Morgan fingerprint density at radius 2 is 0.902 bits per heavy atom. The molecular formula is C36H33NO4. The molecule has 206 valence electrons. The molecule has 0 unspecified atom stereocenters. The number of benzene rings is 5. The Kier molecular flexibility index (Phi) is 9.46. The number of aliphatic hydroxyl groups is 2. The Morgan fingerprint density at radius 1 is 0.512 bits per heavy atom. The second-order valence-corrected chi connectivity index (χ2v) is 9.35. The Morgan fingerprint density at radius 3 is 1.29 bits per heavy atom. The van der Waals surface area contributed by atoms with E-state index in [-0.39, 0.29) is 26.4 Å². The second kappa shape index (κ2) is 14.0. The Balaban J connectivity index is 1.49. The van der Waals surface area contributed by atoms with Gasteiger partial charge in [0.2, 0.25) is 0 Å². The number of hydrogen-bond donors (Lipinski definition) is 2. The first-order valence-electron chi connectivity index (χ1n) is 13.7. The average Bonchev–Trinajstić information content (AvgIpc) is 3.04. The zero-order valence-corrected chi connectivity index (χ0v) is 22.8. The largest absolute Gasteiger partial charge is 0.491 e. The van der Waals surface area contributed by atoms with Crippen molar-refractivity contribution >= 4 is 28.7 Å². The molecule has 0 aliphatic rings. The van der Waals surface area contributed by atoms with Gasteiger partial charge in [0.25, 0.3) is 0 Å². The van der Waals surface area contributed by atoms with Crippen molar-refractivity contribution in [1.82, 2.24) is 0 Å². The first-order chi connectivity index (χ1) is 20.2. The number of ether oxygens (including phenoxy) is 2. The maximum absolute atomic E-state index is 9.09. The van der Waals surface area contributed by atoms with Crippen LogP contribution in [-0.4, -0.2) is 36.6 Å². The Labute approximate surface area is 241 Å². The molecule has 0 fully saturated rings. The fraction of sp³-hybridized carbons (Fsp3) is 0.111. The van der Waals surface area contributed by atoms with Crippen molar-refractivity contribution in [2.45, 2.75) is 0 Å². The maximum Gasteiger partial charge on any atom is 0.119 e. The quantitative estimate of drug-likeness (QED) is 0.160. The minimum absolute atomic E-state index is 0.0321. The lowest BCUT2D eigenvalue weighted by Crippen LogP contribution is -2.10. The first kappa shape index (κ1) is 27.7. The maximum atomic E-state index is 9.09. The van der Waals surface area contributed by atoms with Crippen molar-refractivity contribution in [2.24, 2.45) is 0 Å². The van der Waals surface area contributed by atoms with Crippen LogP contribution >= 0.6 is 0 Å². The Hall–Kier alpha value is -4.84. The van der Waals surface area contributed by atoms with Gasteiger partial charge in [0.15, 0.2) is 0 Å². The lowest BCUT2D eigenvalue weighted by atomic mass is 9.95. The van der Waals surface area contributed by atoms with E-state index >= 15 is 0 Å². The van der Waals surface area contributed by atoms with E-state index in [0.29, 0.717) is 11.5 Å². The van der Waals surface area contributed by atoms with Crippen molar-refractivity contribution in [3.05, 3.63) is 150 Å². The van der Waals surface area contributed by atoms with Crippen LogP contribution in [0.1, 0.15) is 16.7 Å². The lowest BCUT2D eigenvalue weighted by Gasteiger charge is -2.26. The van der Waals surface area contributed by atoms with Gasteiger partial charge in [0, 0.05) is 17.1 Å². The summed E-state index contributed by atoms with van der Waals surface area (Å²) < 4.78 is 11.1. The van der Waals surface area contributed by atoms with E-state index in [9.17, 15) is 0 Å². The molecular weight excluding hydrogens is 510 g/mol. The number of anilines is 3. The number of aliphatic hydroxyl groups excluding tert-OH is 2. The van der Waals surface area contributed by atoms with E-state index in [4.69, 9.17) is 19.7 Å². The third-order valence-electron chi connectivity index (χ3n) is 6.54. The van der Waals surface area contributed by atoms with Crippen LogP contribution < -0.4 is 14.4 Å². The molecule has 0 atom stereocenters. The van der Waals surface area contributed by atoms with Crippen LogP contribution in [0.15, 0.2) is 133 Å². The summed E-state index contributed by atoms with van der Waals surface area (Å²) in [5.41, 5.74) is 7.50. The van der Waals surface area contributed by atoms with Crippen LogP contribution in [-0.2, 0) is 0 Å². The zero-order valence-electron chi connectivity index (χ0n) is 22.8. The molecule has 5 rings (SSSR count). The SMILES string of the molecule is OCCOc1ccc(N(c2ccc(C=C(c3ccccc3)c3ccccc3)cc2)c2ccc(OCCO)cc2)cc1. The predicted molar refractivity (Wildman–Crippen MR) is 166 cm³/mol. The summed E-state index contributed by atoms with van der Waals surface area (Å²) in [5, 5.41) is 18.2. The highest BCUT2D eigenvalue weighted by molar-refractivity contribution is 5.91. The monoisotopic (exact) mass is 543 g/mol. The van der Waals surface area contributed by atoms with Gasteiger partial charge in [-0.2, -0.15) is 0 Å².